The van der Waals surface area contributed by atoms with Gasteiger partial charge in [-0.1, -0.05) is 24.3 Å². The van der Waals surface area contributed by atoms with Gasteiger partial charge in [-0.3, -0.25) is 4.79 Å². The molecule has 2 aromatic rings. The van der Waals surface area contributed by atoms with E-state index in [4.69, 9.17) is 0 Å². The highest BCUT2D eigenvalue weighted by Gasteiger charge is 2.39. The summed E-state index contributed by atoms with van der Waals surface area (Å²) in [5.74, 6) is 1.86. The largest absolute Gasteiger partial charge is 0.355 e. The van der Waals surface area contributed by atoms with Crippen molar-refractivity contribution in [1.82, 2.24) is 15.3 Å². The van der Waals surface area contributed by atoms with E-state index in [-0.39, 0.29) is 17.4 Å². The number of amides is 1. The zero-order valence-corrected chi connectivity index (χ0v) is 15.5. The van der Waals surface area contributed by atoms with Crippen LogP contribution in [-0.2, 0) is 17.6 Å². The molecule has 0 saturated carbocycles. The molecule has 0 bridgehead atoms. The summed E-state index contributed by atoms with van der Waals surface area (Å²) in [6, 6.07) is 10.6. The van der Waals surface area contributed by atoms with Gasteiger partial charge in [0.1, 0.15) is 11.6 Å². The van der Waals surface area contributed by atoms with Crippen molar-refractivity contribution in [3.8, 4) is 0 Å². The van der Waals surface area contributed by atoms with Gasteiger partial charge in [0, 0.05) is 25.3 Å². The van der Waals surface area contributed by atoms with Gasteiger partial charge in [0.05, 0.1) is 5.41 Å². The molecule has 1 atom stereocenters. The first-order chi connectivity index (χ1) is 12.5. The molecule has 1 fully saturated rings. The lowest BCUT2D eigenvalue weighted by Crippen LogP contribution is -2.52. The van der Waals surface area contributed by atoms with Crippen LogP contribution in [0.3, 0.4) is 0 Å². The van der Waals surface area contributed by atoms with E-state index in [1.165, 1.54) is 11.1 Å². The maximum Gasteiger partial charge on any atom is 0.227 e. The van der Waals surface area contributed by atoms with Crippen LogP contribution < -0.4 is 10.2 Å². The van der Waals surface area contributed by atoms with E-state index in [1.54, 1.807) is 6.20 Å². The number of carbonyl (C=O) groups is 1. The van der Waals surface area contributed by atoms with Crippen molar-refractivity contribution in [3.05, 3.63) is 53.5 Å². The van der Waals surface area contributed by atoms with Crippen LogP contribution in [0.25, 0.3) is 0 Å². The highest BCUT2D eigenvalue weighted by Crippen LogP contribution is 2.32. The van der Waals surface area contributed by atoms with Gasteiger partial charge in [0.15, 0.2) is 0 Å². The molecule has 5 heteroatoms. The smallest absolute Gasteiger partial charge is 0.227 e. The fourth-order valence-corrected chi connectivity index (χ4v) is 4.26. The summed E-state index contributed by atoms with van der Waals surface area (Å²) >= 11 is 0. The van der Waals surface area contributed by atoms with Crippen molar-refractivity contribution in [2.24, 2.45) is 5.41 Å². The monoisotopic (exact) mass is 350 g/mol. The number of nitrogens with zero attached hydrogens (tertiary/aromatic N) is 3. The molecule has 1 aliphatic heterocycles. The van der Waals surface area contributed by atoms with Crippen molar-refractivity contribution in [2.45, 2.75) is 45.6 Å². The molecule has 1 N–H and O–H groups in total. The van der Waals surface area contributed by atoms with Crippen LogP contribution in [0, 0.1) is 12.3 Å². The van der Waals surface area contributed by atoms with Crippen LogP contribution in [-0.4, -0.2) is 35.0 Å². The van der Waals surface area contributed by atoms with Gasteiger partial charge < -0.3 is 10.2 Å². The number of hydrogen-bond acceptors (Lipinski definition) is 4. The molecule has 136 valence electrons. The van der Waals surface area contributed by atoms with Crippen LogP contribution in [0.5, 0.6) is 0 Å². The minimum absolute atomic E-state index is 0.172. The van der Waals surface area contributed by atoms with Gasteiger partial charge in [-0.05, 0) is 56.7 Å². The molecule has 1 aromatic heterocycles. The van der Waals surface area contributed by atoms with Gasteiger partial charge in [0.2, 0.25) is 5.91 Å². The number of aromatic nitrogens is 2. The first kappa shape index (κ1) is 17.0. The van der Waals surface area contributed by atoms with Crippen LogP contribution in [0.4, 0.5) is 5.82 Å². The second-order valence-electron chi connectivity index (χ2n) is 7.90. The second-order valence-corrected chi connectivity index (χ2v) is 7.90. The fourth-order valence-electron chi connectivity index (χ4n) is 4.26. The minimum Gasteiger partial charge on any atom is -0.355 e. The molecule has 1 amide bonds. The van der Waals surface area contributed by atoms with Crippen molar-refractivity contribution < 1.29 is 4.79 Å². The molecule has 4 rings (SSSR count). The molecular weight excluding hydrogens is 324 g/mol. The Bertz CT molecular complexity index is 796. The standard InChI is InChI=1S/C21H26N4O/c1-15-22-10-8-19(23-15)25-11-5-9-21(2,14-25)20(26)24-18-12-16-6-3-4-7-17(16)13-18/h3-4,6-8,10,18H,5,9,11-14H2,1-2H3,(H,24,26)/t21-/m1/s1. The molecule has 0 unspecified atom stereocenters. The van der Waals surface area contributed by atoms with E-state index in [2.05, 4.69) is 51.4 Å². The Morgan fingerprint density at radius 3 is 2.65 bits per heavy atom. The molecule has 1 aromatic carbocycles. The van der Waals surface area contributed by atoms with Gasteiger partial charge in [-0.15, -0.1) is 0 Å². The maximum atomic E-state index is 13.1. The Kier molecular flexibility index (Phi) is 4.39. The van der Waals surface area contributed by atoms with Gasteiger partial charge in [-0.2, -0.15) is 0 Å². The third-order valence-corrected chi connectivity index (χ3v) is 5.72. The number of anilines is 1. The van der Waals surface area contributed by atoms with Gasteiger partial charge in [0.25, 0.3) is 0 Å². The van der Waals surface area contributed by atoms with Crippen LogP contribution in [0.1, 0.15) is 36.7 Å². The molecule has 0 radical (unpaired) electrons. The molecule has 2 aliphatic rings. The maximum absolute atomic E-state index is 13.1. The predicted octanol–water partition coefficient (Wildman–Crippen LogP) is 2.68. The Balaban J connectivity index is 1.44. The predicted molar refractivity (Wildman–Crippen MR) is 102 cm³/mol. The summed E-state index contributed by atoms with van der Waals surface area (Å²) < 4.78 is 0. The Hall–Kier alpha value is -2.43. The van der Waals surface area contributed by atoms with E-state index in [1.807, 2.05) is 13.0 Å². The van der Waals surface area contributed by atoms with E-state index < -0.39 is 0 Å². The van der Waals surface area contributed by atoms with Crippen LogP contribution in [0.2, 0.25) is 0 Å². The average Bonchev–Trinajstić information content (AvgIpc) is 3.04. The summed E-state index contributed by atoms with van der Waals surface area (Å²) in [5.41, 5.74) is 2.35. The first-order valence-corrected chi connectivity index (χ1v) is 9.46. The zero-order valence-electron chi connectivity index (χ0n) is 15.5. The van der Waals surface area contributed by atoms with E-state index in [9.17, 15) is 4.79 Å². The summed E-state index contributed by atoms with van der Waals surface area (Å²) in [6.45, 7) is 5.63. The van der Waals surface area contributed by atoms with Crippen LogP contribution >= 0.6 is 0 Å². The molecular formula is C21H26N4O. The quantitative estimate of drug-likeness (QED) is 0.925. The summed E-state index contributed by atoms with van der Waals surface area (Å²) in [7, 11) is 0. The Morgan fingerprint density at radius 1 is 1.23 bits per heavy atom. The van der Waals surface area contributed by atoms with Gasteiger partial charge in [-0.25, -0.2) is 9.97 Å². The second kappa shape index (κ2) is 6.71. The Morgan fingerprint density at radius 2 is 1.96 bits per heavy atom. The topological polar surface area (TPSA) is 58.1 Å². The third-order valence-electron chi connectivity index (χ3n) is 5.72. The molecule has 1 aliphatic carbocycles. The van der Waals surface area contributed by atoms with Gasteiger partial charge >= 0.3 is 0 Å². The molecule has 2 heterocycles. The number of carbonyl (C=O) groups excluding carboxylic acids is 1. The number of rotatable bonds is 3. The summed E-state index contributed by atoms with van der Waals surface area (Å²) in [5, 5.41) is 3.32. The lowest BCUT2D eigenvalue weighted by Gasteiger charge is -2.40. The highest BCUT2D eigenvalue weighted by atomic mass is 16.2. The summed E-state index contributed by atoms with van der Waals surface area (Å²) in [6.07, 6.45) is 5.58. The number of hydrogen-bond donors (Lipinski definition) is 1. The lowest BCUT2D eigenvalue weighted by molar-refractivity contribution is -0.131. The summed E-state index contributed by atoms with van der Waals surface area (Å²) in [4.78, 5) is 24.0. The Labute approximate surface area is 154 Å². The van der Waals surface area contributed by atoms with E-state index in [0.29, 0.717) is 6.54 Å². The van der Waals surface area contributed by atoms with Crippen molar-refractivity contribution in [2.75, 3.05) is 18.0 Å². The fraction of sp³-hybridized carbons (Fsp3) is 0.476. The third kappa shape index (κ3) is 3.30. The number of nitrogens with one attached hydrogen (secondary N) is 1. The SMILES string of the molecule is Cc1nccc(N2CCC[C@@](C)(C(=O)NC3Cc4ccccc4C3)C2)n1. The number of fused-ring (bicyclic) bond motifs is 1. The van der Waals surface area contributed by atoms with Crippen LogP contribution in [0.15, 0.2) is 36.5 Å². The normalized spacial score (nSPS) is 22.9. The number of benzene rings is 1. The lowest BCUT2D eigenvalue weighted by atomic mass is 9.80. The average molecular weight is 350 g/mol. The highest BCUT2D eigenvalue weighted by molar-refractivity contribution is 5.83. The molecule has 1 saturated heterocycles. The minimum atomic E-state index is -0.383. The molecule has 0 spiro atoms. The van der Waals surface area contributed by atoms with Crippen molar-refractivity contribution >= 4 is 11.7 Å². The molecule has 26 heavy (non-hydrogen) atoms. The van der Waals surface area contributed by atoms with E-state index >= 15 is 0 Å². The molecule has 5 nitrogen and oxygen atoms in total. The number of piperidine rings is 1. The van der Waals surface area contributed by atoms with Crippen molar-refractivity contribution in [1.29, 1.82) is 0 Å². The van der Waals surface area contributed by atoms with E-state index in [0.717, 1.165) is 43.9 Å². The van der Waals surface area contributed by atoms with Crippen molar-refractivity contribution in [3.63, 3.8) is 0 Å². The number of aryl methyl sites for hydroxylation is 1. The zero-order chi connectivity index (χ0) is 18.1. The first-order valence-electron chi connectivity index (χ1n) is 9.46.